The molecule has 1 fully saturated rings. The maximum Gasteiger partial charge on any atom is 0.338 e. The van der Waals surface area contributed by atoms with Gasteiger partial charge in [0.25, 0.3) is 5.91 Å². The highest BCUT2D eigenvalue weighted by Crippen LogP contribution is 2.36. The van der Waals surface area contributed by atoms with Gasteiger partial charge in [-0.15, -0.1) is 0 Å². The van der Waals surface area contributed by atoms with Crippen LogP contribution in [0.3, 0.4) is 0 Å². The Hall–Kier alpha value is -2.51. The molecule has 26 heavy (non-hydrogen) atoms. The van der Waals surface area contributed by atoms with Crippen LogP contribution in [-0.2, 0) is 9.53 Å². The Balaban J connectivity index is 1.85. The smallest absolute Gasteiger partial charge is 0.338 e. The molecule has 0 saturated carbocycles. The SMILES string of the molecule is CCOC(=O)c1ccc(N2C(=O)/C(=C/c3ccccc3F)SC2=S)cc1. The lowest BCUT2D eigenvalue weighted by Gasteiger charge is -2.14. The van der Waals surface area contributed by atoms with E-state index in [1.807, 2.05) is 0 Å². The molecule has 1 aliphatic rings. The number of esters is 1. The fourth-order valence-corrected chi connectivity index (χ4v) is 3.67. The molecule has 7 heteroatoms. The fourth-order valence-electron chi connectivity index (χ4n) is 2.38. The van der Waals surface area contributed by atoms with Crippen LogP contribution in [0, 0.1) is 5.82 Å². The molecule has 0 aliphatic carbocycles. The van der Waals surface area contributed by atoms with Crippen molar-refractivity contribution in [1.29, 1.82) is 0 Å². The number of carbonyl (C=O) groups is 2. The number of thioether (sulfide) groups is 1. The monoisotopic (exact) mass is 387 g/mol. The maximum atomic E-state index is 13.8. The maximum absolute atomic E-state index is 13.8. The van der Waals surface area contributed by atoms with Crippen LogP contribution in [0.5, 0.6) is 0 Å². The Labute approximate surface area is 159 Å². The van der Waals surface area contributed by atoms with Gasteiger partial charge in [0.1, 0.15) is 5.82 Å². The molecular formula is C19H14FNO3S2. The van der Waals surface area contributed by atoms with Crippen molar-refractivity contribution in [3.8, 4) is 0 Å². The highest BCUT2D eigenvalue weighted by Gasteiger charge is 2.33. The van der Waals surface area contributed by atoms with Crippen molar-refractivity contribution >= 4 is 51.9 Å². The number of nitrogens with zero attached hydrogens (tertiary/aromatic N) is 1. The van der Waals surface area contributed by atoms with Crippen LogP contribution < -0.4 is 4.90 Å². The number of benzene rings is 2. The van der Waals surface area contributed by atoms with Crippen LogP contribution in [-0.4, -0.2) is 22.8 Å². The molecule has 0 unspecified atom stereocenters. The van der Waals surface area contributed by atoms with Gasteiger partial charge in [0.05, 0.1) is 22.8 Å². The quantitative estimate of drug-likeness (QED) is 0.442. The van der Waals surface area contributed by atoms with E-state index in [0.29, 0.717) is 26.0 Å². The van der Waals surface area contributed by atoms with Gasteiger partial charge in [-0.1, -0.05) is 42.2 Å². The van der Waals surface area contributed by atoms with E-state index in [9.17, 15) is 14.0 Å². The average Bonchev–Trinajstić information content (AvgIpc) is 2.91. The molecule has 0 bridgehead atoms. The van der Waals surface area contributed by atoms with Crippen LogP contribution in [0.25, 0.3) is 6.08 Å². The topological polar surface area (TPSA) is 46.6 Å². The van der Waals surface area contributed by atoms with E-state index >= 15 is 0 Å². The first-order chi connectivity index (χ1) is 12.5. The van der Waals surface area contributed by atoms with E-state index in [1.165, 1.54) is 17.0 Å². The van der Waals surface area contributed by atoms with Crippen LogP contribution in [0.4, 0.5) is 10.1 Å². The molecule has 0 N–H and O–H groups in total. The predicted molar refractivity (Wildman–Crippen MR) is 104 cm³/mol. The summed E-state index contributed by atoms with van der Waals surface area (Å²) in [5, 5.41) is 0. The van der Waals surface area contributed by atoms with Crippen molar-refractivity contribution in [2.24, 2.45) is 0 Å². The van der Waals surface area contributed by atoms with Gasteiger partial charge < -0.3 is 4.74 Å². The van der Waals surface area contributed by atoms with Crippen LogP contribution >= 0.6 is 24.0 Å². The fraction of sp³-hybridized carbons (Fsp3) is 0.105. The number of anilines is 1. The lowest BCUT2D eigenvalue weighted by Crippen LogP contribution is -2.27. The molecule has 0 atom stereocenters. The molecule has 1 amide bonds. The minimum absolute atomic E-state index is 0.288. The normalized spacial score (nSPS) is 15.6. The first kappa shape index (κ1) is 18.3. The van der Waals surface area contributed by atoms with Crippen molar-refractivity contribution in [1.82, 2.24) is 0 Å². The Morgan fingerprint density at radius 1 is 1.23 bits per heavy atom. The Morgan fingerprint density at radius 2 is 1.92 bits per heavy atom. The number of rotatable bonds is 4. The van der Waals surface area contributed by atoms with E-state index in [4.69, 9.17) is 17.0 Å². The highest BCUT2D eigenvalue weighted by molar-refractivity contribution is 8.27. The molecule has 0 radical (unpaired) electrons. The molecule has 2 aromatic rings. The Morgan fingerprint density at radius 3 is 2.58 bits per heavy atom. The summed E-state index contributed by atoms with van der Waals surface area (Å²) in [6.45, 7) is 2.02. The largest absolute Gasteiger partial charge is 0.462 e. The molecule has 1 heterocycles. The van der Waals surface area contributed by atoms with E-state index < -0.39 is 11.8 Å². The Kier molecular flexibility index (Phi) is 5.49. The number of ether oxygens (including phenoxy) is 1. The molecule has 0 aromatic heterocycles. The molecular weight excluding hydrogens is 373 g/mol. The summed E-state index contributed by atoms with van der Waals surface area (Å²) < 4.78 is 19.1. The molecule has 132 valence electrons. The van der Waals surface area contributed by atoms with Crippen molar-refractivity contribution in [3.63, 3.8) is 0 Å². The molecule has 2 aromatic carbocycles. The van der Waals surface area contributed by atoms with E-state index in [-0.39, 0.29) is 12.5 Å². The van der Waals surface area contributed by atoms with Crippen molar-refractivity contribution < 1.29 is 18.7 Å². The van der Waals surface area contributed by atoms with E-state index in [2.05, 4.69) is 0 Å². The number of thiocarbonyl (C=S) groups is 1. The van der Waals surface area contributed by atoms with Crippen LogP contribution in [0.1, 0.15) is 22.8 Å². The summed E-state index contributed by atoms with van der Waals surface area (Å²) in [5.74, 6) is -1.16. The average molecular weight is 387 g/mol. The van der Waals surface area contributed by atoms with Gasteiger partial charge in [0.2, 0.25) is 0 Å². The third kappa shape index (κ3) is 3.68. The number of hydrogen-bond donors (Lipinski definition) is 0. The van der Waals surface area contributed by atoms with Crippen molar-refractivity contribution in [2.45, 2.75) is 6.92 Å². The standard InChI is InChI=1S/C19H14FNO3S2/c1-2-24-18(23)12-7-9-14(10-8-12)21-17(22)16(26-19(21)25)11-13-5-3-4-6-15(13)20/h3-11H,2H2,1H3/b16-11-. The second-order valence-corrected chi connectivity index (χ2v) is 6.98. The zero-order valence-corrected chi connectivity index (χ0v) is 15.4. The first-order valence-electron chi connectivity index (χ1n) is 7.81. The second kappa shape index (κ2) is 7.80. The third-order valence-electron chi connectivity index (χ3n) is 3.62. The lowest BCUT2D eigenvalue weighted by atomic mass is 10.2. The van der Waals surface area contributed by atoms with Gasteiger partial charge in [0.15, 0.2) is 4.32 Å². The van der Waals surface area contributed by atoms with Gasteiger partial charge in [-0.3, -0.25) is 9.69 Å². The molecule has 4 nitrogen and oxygen atoms in total. The summed E-state index contributed by atoms with van der Waals surface area (Å²) in [5.41, 5.74) is 1.26. The van der Waals surface area contributed by atoms with Crippen LogP contribution in [0.15, 0.2) is 53.4 Å². The zero-order valence-electron chi connectivity index (χ0n) is 13.8. The van der Waals surface area contributed by atoms with Gasteiger partial charge >= 0.3 is 5.97 Å². The number of hydrogen-bond acceptors (Lipinski definition) is 5. The molecule has 1 saturated heterocycles. The zero-order chi connectivity index (χ0) is 18.7. The van der Waals surface area contributed by atoms with Crippen LogP contribution in [0.2, 0.25) is 0 Å². The van der Waals surface area contributed by atoms with Gasteiger partial charge in [-0.2, -0.15) is 0 Å². The molecule has 1 aliphatic heterocycles. The minimum Gasteiger partial charge on any atom is -0.462 e. The summed E-state index contributed by atoms with van der Waals surface area (Å²) in [6.07, 6.45) is 1.49. The molecule has 3 rings (SSSR count). The minimum atomic E-state index is -0.427. The predicted octanol–water partition coefficient (Wildman–Crippen LogP) is 4.41. The van der Waals surface area contributed by atoms with Gasteiger partial charge in [-0.05, 0) is 43.3 Å². The van der Waals surface area contributed by atoms with Gasteiger partial charge in [0, 0.05) is 5.56 Å². The molecule has 0 spiro atoms. The lowest BCUT2D eigenvalue weighted by molar-refractivity contribution is -0.113. The first-order valence-corrected chi connectivity index (χ1v) is 9.03. The third-order valence-corrected chi connectivity index (χ3v) is 4.92. The second-order valence-electron chi connectivity index (χ2n) is 5.31. The number of amides is 1. The Bertz CT molecular complexity index is 909. The number of halogens is 1. The summed E-state index contributed by atoms with van der Waals surface area (Å²) in [7, 11) is 0. The summed E-state index contributed by atoms with van der Waals surface area (Å²) in [4.78, 5) is 26.1. The number of carbonyl (C=O) groups excluding carboxylic acids is 2. The van der Waals surface area contributed by atoms with Gasteiger partial charge in [-0.25, -0.2) is 9.18 Å². The summed E-state index contributed by atoms with van der Waals surface area (Å²) >= 11 is 6.40. The van der Waals surface area contributed by atoms with Crippen molar-refractivity contribution in [2.75, 3.05) is 11.5 Å². The summed E-state index contributed by atoms with van der Waals surface area (Å²) in [6, 6.07) is 12.6. The van der Waals surface area contributed by atoms with E-state index in [0.717, 1.165) is 11.8 Å². The highest BCUT2D eigenvalue weighted by atomic mass is 32.2. The van der Waals surface area contributed by atoms with Crippen molar-refractivity contribution in [3.05, 3.63) is 70.4 Å². The van der Waals surface area contributed by atoms with E-state index in [1.54, 1.807) is 49.4 Å².